The molecule has 0 bridgehead atoms. The number of nitrogens with two attached hydrogens (primary N) is 1. The molecule has 2 N–H and O–H groups in total. The molecule has 1 atom stereocenters. The lowest BCUT2D eigenvalue weighted by Crippen LogP contribution is -2.31. The molecule has 0 radical (unpaired) electrons. The molecule has 0 amide bonds. The standard InChI is InChI=1S/C14H17BrN4/c1-19(9-11-4-2-3-5-12(11)15)14(8-16)13-6-7-17-10-18-13/h2-7,10,14H,8-9,16H2,1H3. The number of hydrogen-bond donors (Lipinski definition) is 1. The van der Waals surface area contributed by atoms with Gasteiger partial charge in [-0.1, -0.05) is 34.1 Å². The lowest BCUT2D eigenvalue weighted by molar-refractivity contribution is 0.237. The zero-order valence-electron chi connectivity index (χ0n) is 10.8. The number of benzene rings is 1. The van der Waals surface area contributed by atoms with Gasteiger partial charge in [0.2, 0.25) is 0 Å². The Morgan fingerprint density at radius 3 is 2.74 bits per heavy atom. The van der Waals surface area contributed by atoms with Crippen molar-refractivity contribution >= 4 is 15.9 Å². The number of rotatable bonds is 5. The van der Waals surface area contributed by atoms with Crippen LogP contribution in [0.1, 0.15) is 17.3 Å². The maximum absolute atomic E-state index is 5.88. The maximum atomic E-state index is 5.88. The zero-order chi connectivity index (χ0) is 13.7. The van der Waals surface area contributed by atoms with Gasteiger partial charge in [0, 0.05) is 23.8 Å². The predicted octanol–water partition coefficient (Wildman–Crippen LogP) is 2.37. The second-order valence-corrected chi connectivity index (χ2v) is 5.25. The van der Waals surface area contributed by atoms with Gasteiger partial charge in [0.1, 0.15) is 6.33 Å². The maximum Gasteiger partial charge on any atom is 0.115 e. The summed E-state index contributed by atoms with van der Waals surface area (Å²) in [5.74, 6) is 0. The first-order valence-corrected chi connectivity index (χ1v) is 6.91. The van der Waals surface area contributed by atoms with Crippen molar-refractivity contribution < 1.29 is 0 Å². The van der Waals surface area contributed by atoms with E-state index in [0.29, 0.717) is 6.54 Å². The average molecular weight is 321 g/mol. The fourth-order valence-corrected chi connectivity index (χ4v) is 2.44. The molecule has 0 saturated carbocycles. The third-order valence-corrected chi connectivity index (χ3v) is 3.85. The van der Waals surface area contributed by atoms with Crippen LogP contribution in [-0.4, -0.2) is 28.5 Å². The summed E-state index contributed by atoms with van der Waals surface area (Å²) in [7, 11) is 2.05. The molecule has 19 heavy (non-hydrogen) atoms. The molecule has 0 aliphatic rings. The fraction of sp³-hybridized carbons (Fsp3) is 0.286. The van der Waals surface area contributed by atoms with E-state index in [1.165, 1.54) is 5.56 Å². The quantitative estimate of drug-likeness (QED) is 0.919. The van der Waals surface area contributed by atoms with Gasteiger partial charge in [0.05, 0.1) is 11.7 Å². The Hall–Kier alpha value is -1.30. The summed E-state index contributed by atoms with van der Waals surface area (Å²) in [4.78, 5) is 10.4. The number of hydrogen-bond acceptors (Lipinski definition) is 4. The molecule has 1 unspecified atom stereocenters. The number of likely N-dealkylation sites (N-methyl/N-ethyl adjacent to an activating group) is 1. The normalized spacial score (nSPS) is 12.6. The fourth-order valence-electron chi connectivity index (χ4n) is 2.03. The highest BCUT2D eigenvalue weighted by molar-refractivity contribution is 9.10. The Labute approximate surface area is 121 Å². The van der Waals surface area contributed by atoms with E-state index in [1.807, 2.05) is 24.3 Å². The molecule has 2 rings (SSSR count). The Morgan fingerprint density at radius 2 is 2.11 bits per heavy atom. The monoisotopic (exact) mass is 320 g/mol. The molecule has 5 heteroatoms. The van der Waals surface area contributed by atoms with E-state index in [-0.39, 0.29) is 6.04 Å². The first kappa shape index (κ1) is 14.1. The average Bonchev–Trinajstić information content (AvgIpc) is 2.43. The van der Waals surface area contributed by atoms with E-state index in [0.717, 1.165) is 16.7 Å². The van der Waals surface area contributed by atoms with Gasteiger partial charge < -0.3 is 5.73 Å². The third kappa shape index (κ3) is 3.59. The molecule has 0 aliphatic carbocycles. The molecule has 2 aromatic rings. The van der Waals surface area contributed by atoms with Gasteiger partial charge in [-0.3, -0.25) is 4.90 Å². The molecular weight excluding hydrogens is 304 g/mol. The molecule has 4 nitrogen and oxygen atoms in total. The molecular formula is C14H17BrN4. The summed E-state index contributed by atoms with van der Waals surface area (Å²) >= 11 is 3.57. The molecule has 1 aromatic carbocycles. The topological polar surface area (TPSA) is 55.0 Å². The molecule has 0 fully saturated rings. The van der Waals surface area contributed by atoms with E-state index in [2.05, 4.69) is 43.9 Å². The molecule has 100 valence electrons. The first-order chi connectivity index (χ1) is 9.22. The van der Waals surface area contributed by atoms with E-state index >= 15 is 0 Å². The highest BCUT2D eigenvalue weighted by Crippen LogP contribution is 2.22. The lowest BCUT2D eigenvalue weighted by atomic mass is 10.1. The first-order valence-electron chi connectivity index (χ1n) is 6.12. The molecule has 0 aliphatic heterocycles. The minimum Gasteiger partial charge on any atom is -0.329 e. The van der Waals surface area contributed by atoms with Crippen LogP contribution in [0.25, 0.3) is 0 Å². The van der Waals surface area contributed by atoms with Crippen LogP contribution in [-0.2, 0) is 6.54 Å². The zero-order valence-corrected chi connectivity index (χ0v) is 12.4. The molecule has 0 saturated heterocycles. The van der Waals surface area contributed by atoms with Crippen LogP contribution in [0.5, 0.6) is 0 Å². The summed E-state index contributed by atoms with van der Waals surface area (Å²) in [6.45, 7) is 1.34. The Balaban J connectivity index is 2.14. The number of halogens is 1. The molecule has 1 aromatic heterocycles. The van der Waals surface area contributed by atoms with Gasteiger partial charge in [-0.2, -0.15) is 0 Å². The highest BCUT2D eigenvalue weighted by atomic mass is 79.9. The second kappa shape index (κ2) is 6.75. The Morgan fingerprint density at radius 1 is 1.32 bits per heavy atom. The smallest absolute Gasteiger partial charge is 0.115 e. The van der Waals surface area contributed by atoms with Crippen molar-refractivity contribution in [3.63, 3.8) is 0 Å². The number of aromatic nitrogens is 2. The Kier molecular flexibility index (Phi) is 5.01. The van der Waals surface area contributed by atoms with Gasteiger partial charge >= 0.3 is 0 Å². The summed E-state index contributed by atoms with van der Waals surface area (Å²) < 4.78 is 1.11. The van der Waals surface area contributed by atoms with Gasteiger partial charge in [0.25, 0.3) is 0 Å². The van der Waals surface area contributed by atoms with E-state index in [9.17, 15) is 0 Å². The summed E-state index contributed by atoms with van der Waals surface area (Å²) in [5.41, 5.74) is 8.07. The highest BCUT2D eigenvalue weighted by Gasteiger charge is 2.17. The summed E-state index contributed by atoms with van der Waals surface area (Å²) in [6.07, 6.45) is 3.31. The summed E-state index contributed by atoms with van der Waals surface area (Å²) in [6, 6.07) is 10.2. The molecule has 0 spiro atoms. The predicted molar refractivity (Wildman–Crippen MR) is 79.4 cm³/mol. The van der Waals surface area contributed by atoms with Gasteiger partial charge in [-0.05, 0) is 24.7 Å². The van der Waals surface area contributed by atoms with Crippen LogP contribution in [0.2, 0.25) is 0 Å². The van der Waals surface area contributed by atoms with Gasteiger partial charge in [-0.25, -0.2) is 9.97 Å². The van der Waals surface area contributed by atoms with Crippen molar-refractivity contribution in [2.45, 2.75) is 12.6 Å². The van der Waals surface area contributed by atoms with Crippen LogP contribution in [0.15, 0.2) is 47.3 Å². The van der Waals surface area contributed by atoms with Crippen LogP contribution < -0.4 is 5.73 Å². The number of nitrogens with zero attached hydrogens (tertiary/aromatic N) is 3. The Bertz CT molecular complexity index is 518. The largest absolute Gasteiger partial charge is 0.329 e. The SMILES string of the molecule is CN(Cc1ccccc1Br)C(CN)c1ccncn1. The molecule has 1 heterocycles. The summed E-state index contributed by atoms with van der Waals surface area (Å²) in [5, 5.41) is 0. The van der Waals surface area contributed by atoms with Crippen LogP contribution in [0, 0.1) is 0 Å². The van der Waals surface area contributed by atoms with E-state index in [4.69, 9.17) is 5.73 Å². The van der Waals surface area contributed by atoms with Crippen molar-refractivity contribution in [1.82, 2.24) is 14.9 Å². The van der Waals surface area contributed by atoms with Crippen molar-refractivity contribution in [3.8, 4) is 0 Å². The van der Waals surface area contributed by atoms with E-state index < -0.39 is 0 Å². The van der Waals surface area contributed by atoms with Crippen molar-refractivity contribution in [3.05, 3.63) is 58.6 Å². The minimum atomic E-state index is 0.0927. The van der Waals surface area contributed by atoms with Crippen molar-refractivity contribution in [2.24, 2.45) is 5.73 Å². The van der Waals surface area contributed by atoms with Crippen molar-refractivity contribution in [1.29, 1.82) is 0 Å². The van der Waals surface area contributed by atoms with E-state index in [1.54, 1.807) is 12.5 Å². The van der Waals surface area contributed by atoms with Gasteiger partial charge in [0.15, 0.2) is 0 Å². The van der Waals surface area contributed by atoms with Crippen LogP contribution in [0.3, 0.4) is 0 Å². The van der Waals surface area contributed by atoms with Gasteiger partial charge in [-0.15, -0.1) is 0 Å². The lowest BCUT2D eigenvalue weighted by Gasteiger charge is -2.26. The third-order valence-electron chi connectivity index (χ3n) is 3.08. The van der Waals surface area contributed by atoms with Crippen molar-refractivity contribution in [2.75, 3.05) is 13.6 Å². The minimum absolute atomic E-state index is 0.0927. The van der Waals surface area contributed by atoms with Crippen LogP contribution >= 0.6 is 15.9 Å². The van der Waals surface area contributed by atoms with Crippen LogP contribution in [0.4, 0.5) is 0 Å². The second-order valence-electron chi connectivity index (χ2n) is 4.39.